The molecule has 2 aromatic rings. The molecule has 1 aromatic heterocycles. The minimum Gasteiger partial charge on any atom is -0.334 e. The summed E-state index contributed by atoms with van der Waals surface area (Å²) < 4.78 is 15.6. The second-order valence-corrected chi connectivity index (χ2v) is 7.25. The van der Waals surface area contributed by atoms with E-state index in [1.54, 1.807) is 24.4 Å². The first-order valence-corrected chi connectivity index (χ1v) is 9.24. The zero-order valence-corrected chi connectivity index (χ0v) is 15.8. The van der Waals surface area contributed by atoms with Crippen LogP contribution in [0.5, 0.6) is 0 Å². The van der Waals surface area contributed by atoms with Gasteiger partial charge in [-0.2, -0.15) is 5.10 Å². The van der Waals surface area contributed by atoms with Crippen molar-refractivity contribution in [1.29, 1.82) is 0 Å². The smallest absolute Gasteiger partial charge is 0.257 e. The molecule has 0 N–H and O–H groups in total. The molecule has 0 atom stereocenters. The van der Waals surface area contributed by atoms with Gasteiger partial charge in [-0.15, -0.1) is 0 Å². The average Bonchev–Trinajstić information content (AvgIpc) is 3.25. The van der Waals surface area contributed by atoms with Gasteiger partial charge in [0.25, 0.3) is 5.91 Å². The molecule has 0 radical (unpaired) electrons. The Kier molecular flexibility index (Phi) is 5.71. The highest BCUT2D eigenvalue weighted by Gasteiger charge is 2.29. The van der Waals surface area contributed by atoms with Crippen LogP contribution in [0.4, 0.5) is 4.39 Å². The lowest BCUT2D eigenvalue weighted by atomic mass is 10.1. The van der Waals surface area contributed by atoms with Crippen molar-refractivity contribution >= 4 is 5.91 Å². The molecular weight excluding hydrogens is 331 g/mol. The first-order valence-electron chi connectivity index (χ1n) is 9.24. The molecule has 1 aliphatic rings. The van der Waals surface area contributed by atoms with Gasteiger partial charge in [-0.05, 0) is 46.0 Å². The second kappa shape index (κ2) is 7.99. The number of amides is 1. The molecule has 1 amide bonds. The van der Waals surface area contributed by atoms with Gasteiger partial charge in [0, 0.05) is 19.1 Å². The van der Waals surface area contributed by atoms with Crippen molar-refractivity contribution < 1.29 is 9.18 Å². The zero-order chi connectivity index (χ0) is 18.7. The van der Waals surface area contributed by atoms with E-state index in [2.05, 4.69) is 10.00 Å². The summed E-state index contributed by atoms with van der Waals surface area (Å²) in [6.07, 6.45) is 6.02. The van der Waals surface area contributed by atoms with E-state index in [1.165, 1.54) is 23.6 Å². The molecule has 26 heavy (non-hydrogen) atoms. The number of hydrogen-bond donors (Lipinski definition) is 0. The summed E-state index contributed by atoms with van der Waals surface area (Å²) >= 11 is 0. The lowest BCUT2D eigenvalue weighted by Gasteiger charge is -2.30. The molecule has 1 heterocycles. The van der Waals surface area contributed by atoms with Crippen molar-refractivity contribution in [2.24, 2.45) is 0 Å². The van der Waals surface area contributed by atoms with Crippen molar-refractivity contribution in [2.75, 3.05) is 27.2 Å². The molecule has 0 saturated heterocycles. The fourth-order valence-electron chi connectivity index (χ4n) is 3.61. The van der Waals surface area contributed by atoms with E-state index >= 15 is 0 Å². The SMILES string of the molecule is Cc1c(C(=O)N(CCN(C)C)C2CCCC2)cnn1-c1ccccc1F. The van der Waals surface area contributed by atoms with Gasteiger partial charge in [0.2, 0.25) is 0 Å². The van der Waals surface area contributed by atoms with Gasteiger partial charge >= 0.3 is 0 Å². The number of nitrogens with zero attached hydrogens (tertiary/aromatic N) is 4. The first-order chi connectivity index (χ1) is 12.5. The van der Waals surface area contributed by atoms with Crippen molar-refractivity contribution in [3.63, 3.8) is 0 Å². The van der Waals surface area contributed by atoms with Gasteiger partial charge in [-0.25, -0.2) is 9.07 Å². The van der Waals surface area contributed by atoms with Crippen molar-refractivity contribution in [3.8, 4) is 5.69 Å². The molecule has 3 rings (SSSR count). The topological polar surface area (TPSA) is 41.4 Å². The number of carbonyl (C=O) groups is 1. The van der Waals surface area contributed by atoms with E-state index in [4.69, 9.17) is 0 Å². The Morgan fingerprint density at radius 3 is 2.58 bits per heavy atom. The van der Waals surface area contributed by atoms with E-state index in [0.717, 1.165) is 19.4 Å². The molecule has 0 bridgehead atoms. The number of hydrogen-bond acceptors (Lipinski definition) is 3. The Bertz CT molecular complexity index is 765. The number of benzene rings is 1. The standard InChI is InChI=1S/C20H27FN4O/c1-15-17(14-22-25(15)19-11-7-6-10-18(19)21)20(26)24(13-12-23(2)3)16-8-4-5-9-16/h6-7,10-11,14,16H,4-5,8-9,12-13H2,1-3H3. The molecule has 6 heteroatoms. The Hall–Kier alpha value is -2.21. The van der Waals surface area contributed by atoms with Crippen LogP contribution in [0, 0.1) is 12.7 Å². The van der Waals surface area contributed by atoms with E-state index in [9.17, 15) is 9.18 Å². The van der Waals surface area contributed by atoms with Crippen LogP contribution in [0.15, 0.2) is 30.5 Å². The first kappa shape index (κ1) is 18.6. The molecule has 0 spiro atoms. The van der Waals surface area contributed by atoms with Gasteiger partial charge in [-0.3, -0.25) is 4.79 Å². The molecular formula is C20H27FN4O. The zero-order valence-electron chi connectivity index (χ0n) is 15.8. The van der Waals surface area contributed by atoms with E-state index in [0.29, 0.717) is 29.5 Å². The fraction of sp³-hybridized carbons (Fsp3) is 0.500. The highest BCUT2D eigenvalue weighted by Crippen LogP contribution is 2.26. The molecule has 1 fully saturated rings. The maximum atomic E-state index is 14.1. The minimum absolute atomic E-state index is 0.00107. The second-order valence-electron chi connectivity index (χ2n) is 7.25. The summed E-state index contributed by atoms with van der Waals surface area (Å²) in [5.41, 5.74) is 1.59. The van der Waals surface area contributed by atoms with Crippen molar-refractivity contribution in [3.05, 3.63) is 47.5 Å². The number of para-hydroxylation sites is 1. The number of carbonyl (C=O) groups excluding carboxylic acids is 1. The predicted molar refractivity (Wildman–Crippen MR) is 100 cm³/mol. The summed E-state index contributed by atoms with van der Waals surface area (Å²) in [6, 6.07) is 6.78. The molecule has 1 aliphatic carbocycles. The molecule has 0 aliphatic heterocycles. The Balaban J connectivity index is 1.88. The van der Waals surface area contributed by atoms with Crippen LogP contribution in [0.1, 0.15) is 41.7 Å². The third-order valence-corrected chi connectivity index (χ3v) is 5.14. The maximum absolute atomic E-state index is 14.1. The lowest BCUT2D eigenvalue weighted by molar-refractivity contribution is 0.0667. The summed E-state index contributed by atoms with van der Waals surface area (Å²) in [5.74, 6) is -0.350. The van der Waals surface area contributed by atoms with Gasteiger partial charge in [0.15, 0.2) is 0 Å². The highest BCUT2D eigenvalue weighted by atomic mass is 19.1. The summed E-state index contributed by atoms with van der Waals surface area (Å²) in [5, 5.41) is 4.29. The van der Waals surface area contributed by atoms with Crippen LogP contribution < -0.4 is 0 Å². The van der Waals surface area contributed by atoms with Gasteiger partial charge in [0.05, 0.1) is 17.5 Å². The third-order valence-electron chi connectivity index (χ3n) is 5.14. The molecule has 0 unspecified atom stereocenters. The largest absolute Gasteiger partial charge is 0.334 e. The number of aromatic nitrogens is 2. The Labute approximate surface area is 154 Å². The Morgan fingerprint density at radius 2 is 1.92 bits per heavy atom. The van der Waals surface area contributed by atoms with Crippen molar-refractivity contribution in [2.45, 2.75) is 38.6 Å². The summed E-state index contributed by atoms with van der Waals surface area (Å²) in [4.78, 5) is 17.3. The third kappa shape index (κ3) is 3.80. The molecule has 5 nitrogen and oxygen atoms in total. The van der Waals surface area contributed by atoms with Crippen LogP contribution in [0.25, 0.3) is 5.69 Å². The quantitative estimate of drug-likeness (QED) is 0.796. The fourth-order valence-corrected chi connectivity index (χ4v) is 3.61. The Morgan fingerprint density at radius 1 is 1.23 bits per heavy atom. The number of likely N-dealkylation sites (N-methyl/N-ethyl adjacent to an activating group) is 1. The van der Waals surface area contributed by atoms with Crippen LogP contribution in [0.3, 0.4) is 0 Å². The molecule has 1 aromatic carbocycles. The minimum atomic E-state index is -0.349. The van der Waals surface area contributed by atoms with Crippen LogP contribution in [-0.4, -0.2) is 58.7 Å². The summed E-state index contributed by atoms with van der Waals surface area (Å²) in [7, 11) is 4.03. The van der Waals surface area contributed by atoms with Crippen molar-refractivity contribution in [1.82, 2.24) is 19.6 Å². The molecule has 1 saturated carbocycles. The normalized spacial score (nSPS) is 15.0. The van der Waals surface area contributed by atoms with E-state index < -0.39 is 0 Å². The highest BCUT2D eigenvalue weighted by molar-refractivity contribution is 5.95. The monoisotopic (exact) mass is 358 g/mol. The van der Waals surface area contributed by atoms with Gasteiger partial charge in [0.1, 0.15) is 11.5 Å². The van der Waals surface area contributed by atoms with Crippen LogP contribution in [-0.2, 0) is 0 Å². The van der Waals surface area contributed by atoms with Gasteiger partial charge < -0.3 is 9.80 Å². The van der Waals surface area contributed by atoms with Crippen LogP contribution in [0.2, 0.25) is 0 Å². The lowest BCUT2D eigenvalue weighted by Crippen LogP contribution is -2.42. The summed E-state index contributed by atoms with van der Waals surface area (Å²) in [6.45, 7) is 3.34. The number of rotatable bonds is 6. The maximum Gasteiger partial charge on any atom is 0.257 e. The van der Waals surface area contributed by atoms with Crippen LogP contribution >= 0.6 is 0 Å². The van der Waals surface area contributed by atoms with E-state index in [-0.39, 0.29) is 11.7 Å². The van der Waals surface area contributed by atoms with E-state index in [1.807, 2.05) is 25.9 Å². The molecule has 140 valence electrons. The predicted octanol–water partition coefficient (Wildman–Crippen LogP) is 3.27. The van der Waals surface area contributed by atoms with Gasteiger partial charge in [-0.1, -0.05) is 25.0 Å². The number of halogens is 1. The average molecular weight is 358 g/mol.